The minimum atomic E-state index is -0.375. The van der Waals surface area contributed by atoms with Gasteiger partial charge in [-0.3, -0.25) is 9.78 Å². The van der Waals surface area contributed by atoms with Gasteiger partial charge in [-0.1, -0.05) is 22.0 Å². The molecule has 0 saturated heterocycles. The van der Waals surface area contributed by atoms with Gasteiger partial charge in [0.15, 0.2) is 5.78 Å². The van der Waals surface area contributed by atoms with Gasteiger partial charge in [0.2, 0.25) is 0 Å². The SMILES string of the molecule is Br.COc1ccc(C(=O)C(Br)c2cccnc2)cc1. The van der Waals surface area contributed by atoms with E-state index < -0.39 is 0 Å². The van der Waals surface area contributed by atoms with Gasteiger partial charge in [0.05, 0.1) is 7.11 Å². The number of halogens is 2. The molecule has 0 radical (unpaired) electrons. The van der Waals surface area contributed by atoms with Crippen LogP contribution in [0.2, 0.25) is 0 Å². The number of aromatic nitrogens is 1. The summed E-state index contributed by atoms with van der Waals surface area (Å²) in [5.74, 6) is 0.740. The third-order valence-electron chi connectivity index (χ3n) is 2.58. The lowest BCUT2D eigenvalue weighted by molar-refractivity contribution is 0.0991. The zero-order valence-electron chi connectivity index (χ0n) is 10.2. The molecule has 100 valence electrons. The predicted octanol–water partition coefficient (Wildman–Crippen LogP) is 3.99. The zero-order valence-corrected chi connectivity index (χ0v) is 13.5. The molecule has 3 nitrogen and oxygen atoms in total. The maximum Gasteiger partial charge on any atom is 0.180 e. The van der Waals surface area contributed by atoms with Crippen LogP contribution in [0.15, 0.2) is 48.8 Å². The molecule has 19 heavy (non-hydrogen) atoms. The van der Waals surface area contributed by atoms with Crippen molar-refractivity contribution in [3.63, 3.8) is 0 Å². The van der Waals surface area contributed by atoms with E-state index in [1.54, 1.807) is 43.8 Å². The molecule has 0 N–H and O–H groups in total. The first-order valence-electron chi connectivity index (χ1n) is 5.44. The van der Waals surface area contributed by atoms with Crippen molar-refractivity contribution in [1.29, 1.82) is 0 Å². The lowest BCUT2D eigenvalue weighted by Gasteiger charge is -2.09. The summed E-state index contributed by atoms with van der Waals surface area (Å²) in [6.07, 6.45) is 3.36. The first-order valence-corrected chi connectivity index (χ1v) is 6.36. The molecule has 0 aliphatic heterocycles. The van der Waals surface area contributed by atoms with Gasteiger partial charge in [0.1, 0.15) is 10.6 Å². The van der Waals surface area contributed by atoms with Crippen LogP contribution in [-0.4, -0.2) is 17.9 Å². The number of alkyl halides is 1. The van der Waals surface area contributed by atoms with Crippen LogP contribution in [0, 0.1) is 0 Å². The number of rotatable bonds is 4. The van der Waals surface area contributed by atoms with E-state index in [0.717, 1.165) is 11.3 Å². The fraction of sp³-hybridized carbons (Fsp3) is 0.143. The Labute approximate surface area is 130 Å². The number of hydrogen-bond acceptors (Lipinski definition) is 3. The standard InChI is InChI=1S/C14H12BrNO2.BrH/c1-18-12-6-4-10(5-7-12)14(17)13(15)11-3-2-8-16-9-11;/h2-9,13H,1H3;1H. The molecule has 0 spiro atoms. The first-order chi connectivity index (χ1) is 8.72. The number of ketones is 1. The molecule has 1 aromatic carbocycles. The molecule has 1 heterocycles. The molecule has 0 fully saturated rings. The Hall–Kier alpha value is -1.20. The van der Waals surface area contributed by atoms with Crippen molar-refractivity contribution in [1.82, 2.24) is 4.98 Å². The fourth-order valence-electron chi connectivity index (χ4n) is 1.58. The predicted molar refractivity (Wildman–Crippen MR) is 83.6 cm³/mol. The quantitative estimate of drug-likeness (QED) is 0.589. The van der Waals surface area contributed by atoms with E-state index in [1.165, 1.54) is 0 Å². The summed E-state index contributed by atoms with van der Waals surface area (Å²) in [5, 5.41) is 0. The highest BCUT2D eigenvalue weighted by Gasteiger charge is 2.18. The molecule has 0 amide bonds. The first kappa shape index (κ1) is 15.9. The number of methoxy groups -OCH3 is 1. The van der Waals surface area contributed by atoms with Gasteiger partial charge in [0, 0.05) is 18.0 Å². The molecular weight excluding hydrogens is 374 g/mol. The third-order valence-corrected chi connectivity index (χ3v) is 3.53. The topological polar surface area (TPSA) is 39.2 Å². The average Bonchev–Trinajstić information content (AvgIpc) is 2.47. The lowest BCUT2D eigenvalue weighted by atomic mass is 10.0. The van der Waals surface area contributed by atoms with Crippen molar-refractivity contribution in [3.05, 3.63) is 59.9 Å². The molecule has 0 saturated carbocycles. The van der Waals surface area contributed by atoms with Gasteiger partial charge >= 0.3 is 0 Å². The Morgan fingerprint density at radius 3 is 2.47 bits per heavy atom. The number of pyridine rings is 1. The van der Waals surface area contributed by atoms with Gasteiger partial charge in [0.25, 0.3) is 0 Å². The minimum Gasteiger partial charge on any atom is -0.497 e. The number of benzene rings is 1. The molecule has 1 aromatic heterocycles. The number of carbonyl (C=O) groups excluding carboxylic acids is 1. The van der Waals surface area contributed by atoms with E-state index in [-0.39, 0.29) is 27.6 Å². The molecule has 2 aromatic rings. The summed E-state index contributed by atoms with van der Waals surface area (Å²) in [7, 11) is 1.60. The largest absolute Gasteiger partial charge is 0.497 e. The van der Waals surface area contributed by atoms with Crippen molar-refractivity contribution in [2.24, 2.45) is 0 Å². The highest BCUT2D eigenvalue weighted by Crippen LogP contribution is 2.27. The van der Waals surface area contributed by atoms with Gasteiger partial charge in [-0.15, -0.1) is 17.0 Å². The van der Waals surface area contributed by atoms with Crippen molar-refractivity contribution in [3.8, 4) is 5.75 Å². The van der Waals surface area contributed by atoms with Gasteiger partial charge in [-0.25, -0.2) is 0 Å². The Morgan fingerprint density at radius 1 is 1.26 bits per heavy atom. The molecule has 0 bridgehead atoms. The minimum absolute atomic E-state index is 0. The third kappa shape index (κ3) is 3.88. The van der Waals surface area contributed by atoms with Crippen LogP contribution >= 0.6 is 32.9 Å². The molecule has 0 aliphatic carbocycles. The number of ether oxygens (including phenoxy) is 1. The van der Waals surface area contributed by atoms with Crippen LogP contribution in [0.1, 0.15) is 20.7 Å². The molecule has 1 unspecified atom stereocenters. The van der Waals surface area contributed by atoms with Gasteiger partial charge in [-0.05, 0) is 35.9 Å². The summed E-state index contributed by atoms with van der Waals surface area (Å²) in [6, 6.07) is 10.7. The van der Waals surface area contributed by atoms with Crippen LogP contribution in [0.25, 0.3) is 0 Å². The molecule has 5 heteroatoms. The van der Waals surface area contributed by atoms with E-state index in [1.807, 2.05) is 12.1 Å². The van der Waals surface area contributed by atoms with E-state index in [4.69, 9.17) is 4.74 Å². The van der Waals surface area contributed by atoms with Crippen molar-refractivity contribution in [2.75, 3.05) is 7.11 Å². The van der Waals surface area contributed by atoms with Crippen molar-refractivity contribution >= 4 is 38.7 Å². The highest BCUT2D eigenvalue weighted by molar-refractivity contribution is 9.09. The van der Waals surface area contributed by atoms with Crippen LogP contribution in [0.5, 0.6) is 5.75 Å². The van der Waals surface area contributed by atoms with E-state index in [0.29, 0.717) is 5.56 Å². The molecular formula is C14H13Br2NO2. The average molecular weight is 387 g/mol. The van der Waals surface area contributed by atoms with E-state index in [9.17, 15) is 4.79 Å². The van der Waals surface area contributed by atoms with Crippen molar-refractivity contribution < 1.29 is 9.53 Å². The Bertz CT molecular complexity index is 529. The second-order valence-corrected chi connectivity index (χ2v) is 4.66. The Morgan fingerprint density at radius 2 is 1.95 bits per heavy atom. The van der Waals surface area contributed by atoms with Gasteiger partial charge < -0.3 is 4.74 Å². The lowest BCUT2D eigenvalue weighted by Crippen LogP contribution is -2.07. The van der Waals surface area contributed by atoms with Crippen LogP contribution in [0.3, 0.4) is 0 Å². The summed E-state index contributed by atoms with van der Waals surface area (Å²) >= 11 is 3.40. The maximum absolute atomic E-state index is 12.2. The van der Waals surface area contributed by atoms with Crippen LogP contribution < -0.4 is 4.74 Å². The van der Waals surface area contributed by atoms with Crippen LogP contribution in [-0.2, 0) is 0 Å². The van der Waals surface area contributed by atoms with Crippen LogP contribution in [0.4, 0.5) is 0 Å². The normalized spacial score (nSPS) is 11.3. The Kier molecular flexibility index (Phi) is 6.18. The molecule has 1 atom stereocenters. The Balaban J connectivity index is 0.00000180. The molecule has 2 rings (SSSR count). The van der Waals surface area contributed by atoms with E-state index in [2.05, 4.69) is 20.9 Å². The maximum atomic E-state index is 12.2. The summed E-state index contributed by atoms with van der Waals surface area (Å²) in [5.41, 5.74) is 1.49. The summed E-state index contributed by atoms with van der Waals surface area (Å²) < 4.78 is 5.06. The van der Waals surface area contributed by atoms with E-state index >= 15 is 0 Å². The fourth-order valence-corrected chi connectivity index (χ4v) is 2.11. The number of hydrogen-bond donors (Lipinski definition) is 0. The number of carbonyl (C=O) groups is 1. The van der Waals surface area contributed by atoms with Gasteiger partial charge in [-0.2, -0.15) is 0 Å². The second-order valence-electron chi connectivity index (χ2n) is 3.74. The summed E-state index contributed by atoms with van der Waals surface area (Å²) in [4.78, 5) is 15.9. The highest BCUT2D eigenvalue weighted by atomic mass is 79.9. The monoisotopic (exact) mass is 385 g/mol. The molecule has 0 aliphatic rings. The number of Topliss-reactive ketones (excluding diaryl/α,β-unsaturated/α-hetero) is 1. The summed E-state index contributed by atoms with van der Waals surface area (Å²) in [6.45, 7) is 0. The second kappa shape index (κ2) is 7.40. The number of nitrogens with zero attached hydrogens (tertiary/aromatic N) is 1. The van der Waals surface area contributed by atoms with Crippen molar-refractivity contribution in [2.45, 2.75) is 4.83 Å². The smallest absolute Gasteiger partial charge is 0.180 e. The zero-order chi connectivity index (χ0) is 13.0.